The number of aliphatic hydroxyl groups is 7. The van der Waals surface area contributed by atoms with Crippen LogP contribution in [0.25, 0.3) is 0 Å². The van der Waals surface area contributed by atoms with Crippen molar-refractivity contribution in [3.63, 3.8) is 0 Å². The first-order valence-corrected chi connectivity index (χ1v) is 7.16. The fourth-order valence-corrected chi connectivity index (χ4v) is 0. The van der Waals surface area contributed by atoms with E-state index in [0.717, 1.165) is 0 Å². The van der Waals surface area contributed by atoms with Crippen LogP contribution in [0.15, 0.2) is 0 Å². The average molecular weight is 455 g/mol. The molecule has 0 spiro atoms. The first kappa shape index (κ1) is 63.7. The van der Waals surface area contributed by atoms with Crippen LogP contribution in [0.2, 0.25) is 0 Å². The quantitative estimate of drug-likeness (QED) is 0.263. The maximum Gasteiger partial charge on any atom is 0.0402 e. The molecule has 0 saturated heterocycles. The van der Waals surface area contributed by atoms with Gasteiger partial charge in [0.1, 0.15) is 0 Å². The molecule has 0 atom stereocenters. The molecule has 0 aromatic carbocycles. The van der Waals surface area contributed by atoms with E-state index in [9.17, 15) is 0 Å². The molecule has 0 aliphatic rings. The number of hydrogen-bond donors (Lipinski definition) is 7. The van der Waals surface area contributed by atoms with Gasteiger partial charge in [-0.2, -0.15) is 0 Å². The summed E-state index contributed by atoms with van der Waals surface area (Å²) in [5.74, 6) is 0. The topological polar surface area (TPSA) is 142 Å². The Morgan fingerprint density at radius 1 is 0.333 bits per heavy atom. The molecule has 0 amide bonds. The molecular formula is C14H43ClO7Ti2. The monoisotopic (exact) mass is 454 g/mol. The zero-order valence-electron chi connectivity index (χ0n) is 16.5. The molecule has 7 N–H and O–H groups in total. The van der Waals surface area contributed by atoms with E-state index in [2.05, 4.69) is 0 Å². The Bertz CT molecular complexity index is 54.7. The van der Waals surface area contributed by atoms with Crippen molar-refractivity contribution >= 4 is 12.4 Å². The normalized spacial score (nSPS) is 5.25. The van der Waals surface area contributed by atoms with Crippen LogP contribution < -0.4 is 0 Å². The van der Waals surface area contributed by atoms with Gasteiger partial charge < -0.3 is 35.7 Å². The summed E-state index contributed by atoms with van der Waals surface area (Å²) < 4.78 is 0. The Balaban J connectivity index is -0.0000000117. The van der Waals surface area contributed by atoms with Gasteiger partial charge in [-0.25, -0.2) is 0 Å². The summed E-state index contributed by atoms with van der Waals surface area (Å²) in [6.07, 6.45) is 0. The third kappa shape index (κ3) is 5700. The van der Waals surface area contributed by atoms with Gasteiger partial charge >= 0.3 is 0 Å². The van der Waals surface area contributed by atoms with Crippen molar-refractivity contribution in [1.29, 1.82) is 0 Å². The predicted octanol–water partition coefficient (Wildman–Crippen LogP) is 0.407. The minimum absolute atomic E-state index is 0. The molecule has 0 radical (unpaired) electrons. The van der Waals surface area contributed by atoms with Gasteiger partial charge in [0, 0.05) is 89.7 Å². The van der Waals surface area contributed by atoms with E-state index in [1.807, 2.05) is 0 Å². The van der Waals surface area contributed by atoms with Crippen LogP contribution in [0.5, 0.6) is 0 Å². The number of rotatable bonds is 0. The molecule has 7 nitrogen and oxygen atoms in total. The maximum absolute atomic E-state index is 7.57. The Morgan fingerprint density at radius 2 is 0.333 bits per heavy atom. The smallest absolute Gasteiger partial charge is 0.0402 e. The van der Waals surface area contributed by atoms with Crippen molar-refractivity contribution in [3.05, 3.63) is 0 Å². The van der Waals surface area contributed by atoms with Crippen LogP contribution in [0.4, 0.5) is 0 Å². The van der Waals surface area contributed by atoms with Gasteiger partial charge in [-0.05, 0) is 48.5 Å². The molecule has 0 aromatic rings. The molecule has 10 heteroatoms. The van der Waals surface area contributed by atoms with Gasteiger partial charge in [0.05, 0.1) is 0 Å². The third-order valence-electron chi connectivity index (χ3n) is 0. The molecule has 24 heavy (non-hydrogen) atoms. The van der Waals surface area contributed by atoms with Crippen molar-refractivity contribution in [3.8, 4) is 0 Å². The molecule has 0 fully saturated rings. The van der Waals surface area contributed by atoms with Gasteiger partial charge in [-0.3, -0.25) is 0 Å². The number of hydrogen-bond acceptors (Lipinski definition) is 7. The summed E-state index contributed by atoms with van der Waals surface area (Å²) >= 11 is 0. The number of aliphatic hydroxyl groups excluding tert-OH is 7. The van der Waals surface area contributed by atoms with Crippen LogP contribution in [-0.2, 0) is 43.4 Å². The van der Waals surface area contributed by atoms with Crippen LogP contribution in [0.3, 0.4) is 0 Å². The summed E-state index contributed by atoms with van der Waals surface area (Å²) in [6, 6.07) is 0. The standard InChI is InChI=1S/7C2H6O.ClH.2Ti/c7*1-2-3;;;/h7*3H,2H2,1H3;1H;;. The van der Waals surface area contributed by atoms with Gasteiger partial charge in [-0.1, -0.05) is 0 Å². The SMILES string of the molecule is CCO.CCO.CCO.CCO.CCO.CCO.CCO.Cl.[Ti].[Ti]. The van der Waals surface area contributed by atoms with Gasteiger partial charge in [0.15, 0.2) is 0 Å². The van der Waals surface area contributed by atoms with Gasteiger partial charge in [0.25, 0.3) is 0 Å². The summed E-state index contributed by atoms with van der Waals surface area (Å²) in [6.45, 7) is 13.5. The molecule has 0 rings (SSSR count). The summed E-state index contributed by atoms with van der Waals surface area (Å²) in [4.78, 5) is 0. The second-order valence-electron chi connectivity index (χ2n) is 2.21. The first-order valence-electron chi connectivity index (χ1n) is 7.16. The molecule has 0 aromatic heterocycles. The van der Waals surface area contributed by atoms with Crippen molar-refractivity contribution in [1.82, 2.24) is 0 Å². The first-order chi connectivity index (χ1) is 9.90. The largest absolute Gasteiger partial charge is 0.397 e. The Morgan fingerprint density at radius 3 is 0.333 bits per heavy atom. The number of halogens is 1. The van der Waals surface area contributed by atoms with Gasteiger partial charge in [-0.15, -0.1) is 12.4 Å². The van der Waals surface area contributed by atoms with E-state index in [0.29, 0.717) is 0 Å². The van der Waals surface area contributed by atoms with Crippen molar-refractivity contribution in [2.45, 2.75) is 48.5 Å². The van der Waals surface area contributed by atoms with Crippen molar-refractivity contribution in [2.75, 3.05) is 46.2 Å². The molecule has 0 unspecified atom stereocenters. The average Bonchev–Trinajstić information content (AvgIpc) is 2.35. The van der Waals surface area contributed by atoms with Crippen LogP contribution >= 0.6 is 12.4 Å². The molecule has 0 bridgehead atoms. The molecular weight excluding hydrogens is 411 g/mol. The Labute approximate surface area is 185 Å². The van der Waals surface area contributed by atoms with Crippen LogP contribution in [0, 0.1) is 0 Å². The second-order valence-corrected chi connectivity index (χ2v) is 2.21. The van der Waals surface area contributed by atoms with Crippen molar-refractivity contribution < 1.29 is 79.2 Å². The van der Waals surface area contributed by atoms with E-state index in [1.54, 1.807) is 48.5 Å². The fraction of sp³-hybridized carbons (Fsp3) is 1.00. The zero-order chi connectivity index (χ0) is 18.9. The van der Waals surface area contributed by atoms with Crippen LogP contribution in [-0.4, -0.2) is 82.0 Å². The predicted molar refractivity (Wildman–Crippen MR) is 96.6 cm³/mol. The van der Waals surface area contributed by atoms with E-state index in [1.165, 1.54) is 0 Å². The summed E-state index contributed by atoms with van der Waals surface area (Å²) in [5.41, 5.74) is 0. The van der Waals surface area contributed by atoms with E-state index >= 15 is 0 Å². The van der Waals surface area contributed by atoms with E-state index < -0.39 is 0 Å². The maximum atomic E-state index is 7.57. The minimum Gasteiger partial charge on any atom is -0.397 e. The molecule has 0 heterocycles. The molecule has 0 aliphatic heterocycles. The van der Waals surface area contributed by atoms with E-state index in [4.69, 9.17) is 35.7 Å². The fourth-order valence-electron chi connectivity index (χ4n) is 0. The second kappa shape index (κ2) is 189. The zero-order valence-corrected chi connectivity index (χ0v) is 20.4. The van der Waals surface area contributed by atoms with Crippen LogP contribution in [0.1, 0.15) is 48.5 Å². The molecule has 0 aliphatic carbocycles. The molecule has 156 valence electrons. The molecule has 0 saturated carbocycles. The Hall–Kier alpha value is 1.44. The van der Waals surface area contributed by atoms with E-state index in [-0.39, 0.29) is 102 Å². The Kier molecular flexibility index (Phi) is 501. The van der Waals surface area contributed by atoms with Crippen molar-refractivity contribution in [2.24, 2.45) is 0 Å². The minimum atomic E-state index is 0. The summed E-state index contributed by atoms with van der Waals surface area (Å²) in [7, 11) is 0. The van der Waals surface area contributed by atoms with Gasteiger partial charge in [0.2, 0.25) is 0 Å². The summed E-state index contributed by atoms with van der Waals surface area (Å²) in [5, 5.41) is 53.0. The third-order valence-corrected chi connectivity index (χ3v) is 0.